The van der Waals surface area contributed by atoms with Gasteiger partial charge in [0.15, 0.2) is 5.96 Å². The van der Waals surface area contributed by atoms with E-state index in [2.05, 4.69) is 64.7 Å². The van der Waals surface area contributed by atoms with E-state index in [1.54, 1.807) is 0 Å². The van der Waals surface area contributed by atoms with Crippen LogP contribution in [0.1, 0.15) is 38.7 Å². The number of nitrogens with one attached hydrogen (secondary N) is 2. The Morgan fingerprint density at radius 3 is 2.43 bits per heavy atom. The molecular weight excluding hydrogens is 376 g/mol. The number of benzene rings is 1. The summed E-state index contributed by atoms with van der Waals surface area (Å²) < 4.78 is 11.3. The van der Waals surface area contributed by atoms with E-state index < -0.39 is 0 Å². The number of hydrogen-bond donors (Lipinski definition) is 2. The summed E-state index contributed by atoms with van der Waals surface area (Å²) in [5.74, 6) is 1.46. The summed E-state index contributed by atoms with van der Waals surface area (Å²) in [6, 6.07) is 11.3. The Hall–Kier alpha value is -1.63. The fourth-order valence-electron chi connectivity index (χ4n) is 4.84. The summed E-state index contributed by atoms with van der Waals surface area (Å²) in [4.78, 5) is 7.08. The molecular formula is C24H40N4O2. The van der Waals surface area contributed by atoms with Crippen LogP contribution in [-0.2, 0) is 14.9 Å². The van der Waals surface area contributed by atoms with Crippen LogP contribution >= 0.6 is 0 Å². The van der Waals surface area contributed by atoms with Gasteiger partial charge in [-0.05, 0) is 24.8 Å². The second kappa shape index (κ2) is 11.7. The number of ether oxygens (including phenoxy) is 2. The average Bonchev–Trinajstić information content (AvgIpc) is 3.35. The van der Waals surface area contributed by atoms with Crippen LogP contribution in [0.25, 0.3) is 0 Å². The van der Waals surface area contributed by atoms with Gasteiger partial charge in [-0.2, -0.15) is 0 Å². The highest BCUT2D eigenvalue weighted by atomic mass is 16.5. The first-order valence-corrected chi connectivity index (χ1v) is 11.6. The second-order valence-electron chi connectivity index (χ2n) is 8.50. The molecule has 2 saturated heterocycles. The molecule has 0 bridgehead atoms. The van der Waals surface area contributed by atoms with Crippen molar-refractivity contribution in [1.29, 1.82) is 0 Å². The van der Waals surface area contributed by atoms with Crippen molar-refractivity contribution in [3.05, 3.63) is 35.9 Å². The van der Waals surface area contributed by atoms with E-state index in [1.807, 2.05) is 7.05 Å². The van der Waals surface area contributed by atoms with Crippen molar-refractivity contribution in [2.75, 3.05) is 59.7 Å². The van der Waals surface area contributed by atoms with Crippen LogP contribution in [0.2, 0.25) is 0 Å². The van der Waals surface area contributed by atoms with E-state index in [-0.39, 0.29) is 5.41 Å². The normalized spacial score (nSPS) is 22.1. The van der Waals surface area contributed by atoms with Gasteiger partial charge in [-0.15, -0.1) is 0 Å². The van der Waals surface area contributed by atoms with Crippen molar-refractivity contribution in [1.82, 2.24) is 15.5 Å². The minimum absolute atomic E-state index is 0.113. The molecule has 0 saturated carbocycles. The zero-order valence-corrected chi connectivity index (χ0v) is 19.0. The molecule has 1 aromatic carbocycles. The Labute approximate surface area is 182 Å². The fourth-order valence-corrected chi connectivity index (χ4v) is 4.84. The second-order valence-corrected chi connectivity index (χ2v) is 8.50. The number of nitrogens with zero attached hydrogens (tertiary/aromatic N) is 2. The SMILES string of the molecule is CCC(CC)(CNC(=NC)NCC(C1CCOC1)N1CCOCC1)c1ccccc1. The van der Waals surface area contributed by atoms with Gasteiger partial charge in [0.2, 0.25) is 0 Å². The first-order chi connectivity index (χ1) is 14.7. The Kier molecular flexibility index (Phi) is 8.97. The predicted molar refractivity (Wildman–Crippen MR) is 123 cm³/mol. The molecule has 2 aliphatic heterocycles. The first kappa shape index (κ1) is 23.0. The molecule has 6 nitrogen and oxygen atoms in total. The number of morpholine rings is 1. The van der Waals surface area contributed by atoms with E-state index in [9.17, 15) is 0 Å². The third kappa shape index (κ3) is 5.74. The van der Waals surface area contributed by atoms with Gasteiger partial charge in [-0.1, -0.05) is 44.2 Å². The molecule has 30 heavy (non-hydrogen) atoms. The van der Waals surface area contributed by atoms with E-state index in [0.717, 1.165) is 77.8 Å². The minimum atomic E-state index is 0.113. The molecule has 2 N–H and O–H groups in total. The summed E-state index contributed by atoms with van der Waals surface area (Å²) in [6.07, 6.45) is 3.32. The lowest BCUT2D eigenvalue weighted by Gasteiger charge is -2.38. The van der Waals surface area contributed by atoms with Crippen LogP contribution in [0.15, 0.2) is 35.3 Å². The van der Waals surface area contributed by atoms with Crippen LogP contribution in [0.4, 0.5) is 0 Å². The standard InChI is InChI=1S/C24H40N4O2/c1-4-24(5-2,21-9-7-6-8-10-21)19-27-23(25-3)26-17-22(20-11-14-30-18-20)28-12-15-29-16-13-28/h6-10,20,22H,4-5,11-19H2,1-3H3,(H2,25,26,27). The molecule has 0 aliphatic carbocycles. The molecule has 2 unspecified atom stereocenters. The van der Waals surface area contributed by atoms with Crippen LogP contribution in [0.3, 0.4) is 0 Å². The van der Waals surface area contributed by atoms with Crippen molar-refractivity contribution in [2.24, 2.45) is 10.9 Å². The lowest BCUT2D eigenvalue weighted by atomic mass is 9.76. The van der Waals surface area contributed by atoms with Crippen LogP contribution in [0, 0.1) is 5.92 Å². The lowest BCUT2D eigenvalue weighted by molar-refractivity contribution is 0.00246. The third-order valence-electron chi connectivity index (χ3n) is 7.06. The van der Waals surface area contributed by atoms with Gasteiger partial charge < -0.3 is 20.1 Å². The van der Waals surface area contributed by atoms with Crippen molar-refractivity contribution < 1.29 is 9.47 Å². The topological polar surface area (TPSA) is 58.1 Å². The van der Waals surface area contributed by atoms with Gasteiger partial charge in [-0.25, -0.2) is 0 Å². The highest BCUT2D eigenvalue weighted by Crippen LogP contribution is 2.30. The van der Waals surface area contributed by atoms with E-state index in [4.69, 9.17) is 9.47 Å². The van der Waals surface area contributed by atoms with Gasteiger partial charge in [0.25, 0.3) is 0 Å². The van der Waals surface area contributed by atoms with Crippen molar-refractivity contribution in [2.45, 2.75) is 44.6 Å². The third-order valence-corrected chi connectivity index (χ3v) is 7.06. The zero-order valence-electron chi connectivity index (χ0n) is 19.0. The zero-order chi connectivity index (χ0) is 21.2. The number of guanidine groups is 1. The van der Waals surface area contributed by atoms with Gasteiger partial charge in [-0.3, -0.25) is 9.89 Å². The predicted octanol–water partition coefficient (Wildman–Crippen LogP) is 2.65. The Bertz CT molecular complexity index is 636. The molecule has 2 aliphatic rings. The fraction of sp³-hybridized carbons (Fsp3) is 0.708. The van der Waals surface area contributed by atoms with Gasteiger partial charge >= 0.3 is 0 Å². The Morgan fingerprint density at radius 2 is 1.83 bits per heavy atom. The molecule has 2 atom stereocenters. The maximum Gasteiger partial charge on any atom is 0.191 e. The maximum absolute atomic E-state index is 5.70. The summed E-state index contributed by atoms with van der Waals surface area (Å²) in [6.45, 7) is 11.7. The van der Waals surface area contributed by atoms with Crippen LogP contribution < -0.4 is 10.6 Å². The molecule has 0 aromatic heterocycles. The van der Waals surface area contributed by atoms with Crippen molar-refractivity contribution in [3.63, 3.8) is 0 Å². The minimum Gasteiger partial charge on any atom is -0.381 e. The Balaban J connectivity index is 1.60. The number of aliphatic imine (C=N–C) groups is 1. The highest BCUT2D eigenvalue weighted by Gasteiger charge is 2.32. The molecule has 0 spiro atoms. The van der Waals surface area contributed by atoms with Gasteiger partial charge in [0.1, 0.15) is 0 Å². The number of hydrogen-bond acceptors (Lipinski definition) is 4. The molecule has 0 radical (unpaired) electrons. The molecule has 168 valence electrons. The summed E-state index contributed by atoms with van der Waals surface area (Å²) in [7, 11) is 1.86. The largest absolute Gasteiger partial charge is 0.381 e. The molecule has 3 rings (SSSR count). The van der Waals surface area contributed by atoms with Crippen molar-refractivity contribution in [3.8, 4) is 0 Å². The smallest absolute Gasteiger partial charge is 0.191 e. The van der Waals surface area contributed by atoms with E-state index >= 15 is 0 Å². The van der Waals surface area contributed by atoms with E-state index in [1.165, 1.54) is 5.56 Å². The first-order valence-electron chi connectivity index (χ1n) is 11.6. The molecule has 0 amide bonds. The lowest BCUT2D eigenvalue weighted by Crippen LogP contribution is -2.54. The average molecular weight is 417 g/mol. The van der Waals surface area contributed by atoms with Gasteiger partial charge in [0.05, 0.1) is 19.8 Å². The Morgan fingerprint density at radius 1 is 1.10 bits per heavy atom. The molecule has 1 aromatic rings. The molecule has 6 heteroatoms. The van der Waals surface area contributed by atoms with Crippen LogP contribution in [0.5, 0.6) is 0 Å². The maximum atomic E-state index is 5.70. The summed E-state index contributed by atoms with van der Waals surface area (Å²) in [5, 5.41) is 7.24. The van der Waals surface area contributed by atoms with Crippen LogP contribution in [-0.4, -0.2) is 76.6 Å². The van der Waals surface area contributed by atoms with E-state index in [0.29, 0.717) is 12.0 Å². The highest BCUT2D eigenvalue weighted by molar-refractivity contribution is 5.79. The monoisotopic (exact) mass is 416 g/mol. The molecule has 2 fully saturated rings. The molecule has 2 heterocycles. The number of rotatable bonds is 9. The summed E-state index contributed by atoms with van der Waals surface area (Å²) in [5.41, 5.74) is 1.51. The van der Waals surface area contributed by atoms with Gasteiger partial charge in [0, 0.05) is 57.2 Å². The summed E-state index contributed by atoms with van der Waals surface area (Å²) >= 11 is 0. The van der Waals surface area contributed by atoms with Crippen molar-refractivity contribution >= 4 is 5.96 Å². The quantitative estimate of drug-likeness (QED) is 0.479.